The highest BCUT2D eigenvalue weighted by molar-refractivity contribution is 5.98. The van der Waals surface area contributed by atoms with Gasteiger partial charge in [-0.1, -0.05) is 6.07 Å². The summed E-state index contributed by atoms with van der Waals surface area (Å²) in [7, 11) is 0. The molecule has 6 heteroatoms. The molecule has 1 aliphatic heterocycles. The van der Waals surface area contributed by atoms with Crippen molar-refractivity contribution >= 4 is 11.7 Å². The molecule has 3 rings (SSSR count). The van der Waals surface area contributed by atoms with Crippen molar-refractivity contribution in [3.05, 3.63) is 70.8 Å². The summed E-state index contributed by atoms with van der Waals surface area (Å²) in [5, 5.41) is 0. The Labute approximate surface area is 151 Å². The normalized spacial score (nSPS) is 15.1. The molecule has 0 saturated carbocycles. The largest absolute Gasteiger partial charge is 0.336 e. The lowest BCUT2D eigenvalue weighted by atomic mass is 10.1. The minimum atomic E-state index is -0.435. The smallest absolute Gasteiger partial charge is 0.254 e. The summed E-state index contributed by atoms with van der Waals surface area (Å²) >= 11 is 0. The molecule has 0 radical (unpaired) electrons. The van der Waals surface area contributed by atoms with E-state index in [9.17, 15) is 18.4 Å². The highest BCUT2D eigenvalue weighted by Crippen LogP contribution is 2.13. The summed E-state index contributed by atoms with van der Waals surface area (Å²) < 4.78 is 26.6. The quantitative estimate of drug-likeness (QED) is 0.789. The molecule has 0 N–H and O–H groups in total. The zero-order chi connectivity index (χ0) is 18.7. The number of carbonyl (C=O) groups excluding carboxylic acids is 2. The van der Waals surface area contributed by atoms with Gasteiger partial charge in [-0.3, -0.25) is 14.5 Å². The Morgan fingerprint density at radius 2 is 1.69 bits per heavy atom. The Bertz CT molecular complexity index is 830. The van der Waals surface area contributed by atoms with Gasteiger partial charge in [-0.2, -0.15) is 0 Å². The maximum absolute atomic E-state index is 13.3. The van der Waals surface area contributed by atoms with Crippen LogP contribution in [0.25, 0.3) is 0 Å². The van der Waals surface area contributed by atoms with Crippen LogP contribution in [-0.4, -0.2) is 54.2 Å². The molecule has 0 atom stereocenters. The van der Waals surface area contributed by atoms with Gasteiger partial charge in [-0.15, -0.1) is 0 Å². The maximum atomic E-state index is 13.3. The third-order valence-electron chi connectivity index (χ3n) is 4.58. The molecule has 0 aliphatic carbocycles. The van der Waals surface area contributed by atoms with Crippen LogP contribution < -0.4 is 0 Å². The lowest BCUT2D eigenvalue weighted by Gasteiger charge is -2.34. The maximum Gasteiger partial charge on any atom is 0.254 e. The minimum Gasteiger partial charge on any atom is -0.336 e. The first-order valence-corrected chi connectivity index (χ1v) is 8.50. The number of rotatable bonds is 4. The van der Waals surface area contributed by atoms with Gasteiger partial charge in [0.2, 0.25) is 0 Å². The van der Waals surface area contributed by atoms with Crippen LogP contribution in [0, 0.1) is 18.6 Å². The summed E-state index contributed by atoms with van der Waals surface area (Å²) in [5.74, 6) is -1.04. The molecule has 0 unspecified atom stereocenters. The third-order valence-corrected chi connectivity index (χ3v) is 4.58. The molecular formula is C20H20F2N2O2. The van der Waals surface area contributed by atoms with E-state index in [0.29, 0.717) is 42.9 Å². The standard InChI is InChI=1S/C20H20F2N2O2/c1-14-11-15(5-6-18(14)22)19(25)13-23-7-9-24(10-8-23)20(26)16-3-2-4-17(21)12-16/h2-6,11-12H,7-10,13H2,1H3. The number of halogens is 2. The molecule has 1 fully saturated rings. The van der Waals surface area contributed by atoms with Crippen molar-refractivity contribution in [3.63, 3.8) is 0 Å². The number of piperazine rings is 1. The Morgan fingerprint density at radius 1 is 0.962 bits per heavy atom. The Morgan fingerprint density at radius 3 is 2.35 bits per heavy atom. The Kier molecular flexibility index (Phi) is 5.42. The zero-order valence-corrected chi connectivity index (χ0v) is 14.5. The number of hydrogen-bond acceptors (Lipinski definition) is 3. The Hall–Kier alpha value is -2.60. The third kappa shape index (κ3) is 4.14. The van der Waals surface area contributed by atoms with Crippen molar-refractivity contribution in [1.29, 1.82) is 0 Å². The van der Waals surface area contributed by atoms with Gasteiger partial charge >= 0.3 is 0 Å². The van der Waals surface area contributed by atoms with E-state index >= 15 is 0 Å². The van der Waals surface area contributed by atoms with E-state index in [0.717, 1.165) is 0 Å². The SMILES string of the molecule is Cc1cc(C(=O)CN2CCN(C(=O)c3cccc(F)c3)CC2)ccc1F. The van der Waals surface area contributed by atoms with Crippen molar-refractivity contribution < 1.29 is 18.4 Å². The number of hydrogen-bond donors (Lipinski definition) is 0. The fourth-order valence-corrected chi connectivity index (χ4v) is 3.03. The molecule has 2 aromatic rings. The van der Waals surface area contributed by atoms with Crippen molar-refractivity contribution in [2.75, 3.05) is 32.7 Å². The number of carbonyl (C=O) groups is 2. The first kappa shape index (κ1) is 18.2. The van der Waals surface area contributed by atoms with Gasteiger partial charge < -0.3 is 4.90 Å². The van der Waals surface area contributed by atoms with Crippen molar-refractivity contribution in [1.82, 2.24) is 9.80 Å². The molecule has 1 saturated heterocycles. The van der Waals surface area contributed by atoms with Crippen LogP contribution in [0.5, 0.6) is 0 Å². The lowest BCUT2D eigenvalue weighted by Crippen LogP contribution is -2.49. The van der Waals surface area contributed by atoms with Gasteiger partial charge in [0.1, 0.15) is 11.6 Å². The summed E-state index contributed by atoms with van der Waals surface area (Å²) in [4.78, 5) is 28.4. The van der Waals surface area contributed by atoms with Gasteiger partial charge in [0, 0.05) is 37.3 Å². The summed E-state index contributed by atoms with van der Waals surface area (Å²) in [5.41, 5.74) is 1.26. The van der Waals surface area contributed by atoms with E-state index in [1.165, 1.54) is 30.3 Å². The molecule has 136 valence electrons. The topological polar surface area (TPSA) is 40.6 Å². The zero-order valence-electron chi connectivity index (χ0n) is 14.5. The van der Waals surface area contributed by atoms with Crippen LogP contribution in [0.3, 0.4) is 0 Å². The summed E-state index contributed by atoms with van der Waals surface area (Å²) in [6, 6.07) is 10.0. The van der Waals surface area contributed by atoms with E-state index in [1.807, 2.05) is 4.90 Å². The lowest BCUT2D eigenvalue weighted by molar-refractivity contribution is 0.0624. The second-order valence-corrected chi connectivity index (χ2v) is 6.47. The first-order valence-electron chi connectivity index (χ1n) is 8.50. The fourth-order valence-electron chi connectivity index (χ4n) is 3.03. The average Bonchev–Trinajstić information content (AvgIpc) is 2.64. The van der Waals surface area contributed by atoms with Crippen molar-refractivity contribution in [2.24, 2.45) is 0 Å². The van der Waals surface area contributed by atoms with Crippen LogP contribution >= 0.6 is 0 Å². The molecule has 0 spiro atoms. The predicted octanol–water partition coefficient (Wildman–Crippen LogP) is 2.91. The molecular weight excluding hydrogens is 338 g/mol. The highest BCUT2D eigenvalue weighted by Gasteiger charge is 2.24. The molecule has 1 heterocycles. The van der Waals surface area contributed by atoms with Gasteiger partial charge in [0.05, 0.1) is 6.54 Å². The number of aryl methyl sites for hydroxylation is 1. The molecule has 0 bridgehead atoms. The van der Waals surface area contributed by atoms with E-state index in [-0.39, 0.29) is 24.1 Å². The summed E-state index contributed by atoms with van der Waals surface area (Å²) in [6.07, 6.45) is 0. The fraction of sp³-hybridized carbons (Fsp3) is 0.300. The van der Waals surface area contributed by atoms with Crippen LogP contribution in [0.15, 0.2) is 42.5 Å². The highest BCUT2D eigenvalue weighted by atomic mass is 19.1. The monoisotopic (exact) mass is 358 g/mol. The van der Waals surface area contributed by atoms with Crippen LogP contribution in [0.1, 0.15) is 26.3 Å². The van der Waals surface area contributed by atoms with Crippen molar-refractivity contribution in [3.8, 4) is 0 Å². The average molecular weight is 358 g/mol. The molecule has 4 nitrogen and oxygen atoms in total. The van der Waals surface area contributed by atoms with Gasteiger partial charge in [0.15, 0.2) is 5.78 Å². The number of ketones is 1. The molecule has 1 aliphatic rings. The molecule has 0 aromatic heterocycles. The number of benzene rings is 2. The molecule has 2 aromatic carbocycles. The first-order chi connectivity index (χ1) is 12.4. The molecule has 26 heavy (non-hydrogen) atoms. The van der Waals surface area contributed by atoms with Crippen LogP contribution in [-0.2, 0) is 0 Å². The number of Topliss-reactive ketones (excluding diaryl/α,β-unsaturated/α-hetero) is 1. The minimum absolute atomic E-state index is 0.0713. The van der Waals surface area contributed by atoms with E-state index in [2.05, 4.69) is 0 Å². The van der Waals surface area contributed by atoms with Gasteiger partial charge in [-0.25, -0.2) is 8.78 Å². The molecule has 1 amide bonds. The van der Waals surface area contributed by atoms with E-state index in [1.54, 1.807) is 24.0 Å². The van der Waals surface area contributed by atoms with Gasteiger partial charge in [0.25, 0.3) is 5.91 Å². The van der Waals surface area contributed by atoms with Crippen molar-refractivity contribution in [2.45, 2.75) is 6.92 Å². The Balaban J connectivity index is 1.55. The van der Waals surface area contributed by atoms with Crippen LogP contribution in [0.4, 0.5) is 8.78 Å². The number of nitrogens with zero attached hydrogens (tertiary/aromatic N) is 2. The predicted molar refractivity (Wildman–Crippen MR) is 94.2 cm³/mol. The second-order valence-electron chi connectivity index (χ2n) is 6.47. The van der Waals surface area contributed by atoms with Gasteiger partial charge in [-0.05, 0) is 48.9 Å². The van der Waals surface area contributed by atoms with E-state index in [4.69, 9.17) is 0 Å². The van der Waals surface area contributed by atoms with Crippen LogP contribution in [0.2, 0.25) is 0 Å². The second kappa shape index (κ2) is 7.74. The number of amides is 1. The van der Waals surface area contributed by atoms with E-state index < -0.39 is 5.82 Å². The summed E-state index contributed by atoms with van der Waals surface area (Å²) in [6.45, 7) is 3.94.